The fourth-order valence-corrected chi connectivity index (χ4v) is 4.61. The highest BCUT2D eigenvalue weighted by Crippen LogP contribution is 2.35. The Balaban J connectivity index is 0.000000853. The normalized spacial score (nSPS) is 16.7. The maximum absolute atomic E-state index is 3.42. The summed E-state index contributed by atoms with van der Waals surface area (Å²) < 4.78 is 5.08. The van der Waals surface area contributed by atoms with E-state index in [1.165, 1.54) is 20.3 Å². The lowest BCUT2D eigenvalue weighted by atomic mass is 10.3. The molecule has 0 spiro atoms. The number of nitrogens with zero attached hydrogens (tertiary/aromatic N) is 1. The third-order valence-corrected chi connectivity index (χ3v) is 5.17. The van der Waals surface area contributed by atoms with Gasteiger partial charge in [0.25, 0.3) is 0 Å². The highest BCUT2D eigenvalue weighted by molar-refractivity contribution is 9.11. The van der Waals surface area contributed by atoms with E-state index in [0.29, 0.717) is 0 Å². The average Bonchev–Trinajstić information content (AvgIpc) is 2.75. The number of thioether (sulfide) groups is 1. The average molecular weight is 365 g/mol. The van der Waals surface area contributed by atoms with Crippen LogP contribution in [0.1, 0.15) is 0 Å². The van der Waals surface area contributed by atoms with E-state index in [1.54, 1.807) is 0 Å². The molecular weight excluding hydrogens is 358 g/mol. The Morgan fingerprint density at radius 3 is 2.93 bits per heavy atom. The maximum atomic E-state index is 3.42. The summed E-state index contributed by atoms with van der Waals surface area (Å²) in [7, 11) is 0. The number of hydrogen-bond acceptors (Lipinski definition) is 2. The summed E-state index contributed by atoms with van der Waals surface area (Å²) in [4.78, 5) is 2.02. The van der Waals surface area contributed by atoms with Gasteiger partial charge in [-0.25, -0.2) is 0 Å². The van der Waals surface area contributed by atoms with Gasteiger partial charge >= 0.3 is 4.34 Å². The summed E-state index contributed by atoms with van der Waals surface area (Å²) >= 11 is 7.20. The van der Waals surface area contributed by atoms with E-state index in [4.69, 9.17) is 0 Å². The smallest absolute Gasteiger partial charge is 0.304 e. The first-order chi connectivity index (χ1) is 6.90. The van der Waals surface area contributed by atoms with E-state index in [-0.39, 0.29) is 17.0 Å². The SMILES string of the molecule is BrC=C1CSc2sc3ccccc3[n+]21.[Br-]. The highest BCUT2D eigenvalue weighted by atomic mass is 79.9. The predicted octanol–water partition coefficient (Wildman–Crippen LogP) is 0.492. The van der Waals surface area contributed by atoms with Crippen LogP contribution in [0.15, 0.2) is 33.6 Å². The maximum Gasteiger partial charge on any atom is 0.304 e. The largest absolute Gasteiger partial charge is 1.00 e. The predicted molar refractivity (Wildman–Crippen MR) is 65.9 cm³/mol. The first kappa shape index (κ1) is 11.6. The zero-order chi connectivity index (χ0) is 9.54. The lowest BCUT2D eigenvalue weighted by Crippen LogP contribution is -3.00. The number of benzene rings is 1. The number of halogens is 2. The van der Waals surface area contributed by atoms with Gasteiger partial charge in [-0.2, -0.15) is 0 Å². The topological polar surface area (TPSA) is 3.88 Å². The molecule has 0 saturated heterocycles. The van der Waals surface area contributed by atoms with Crippen LogP contribution < -0.4 is 21.5 Å². The minimum absolute atomic E-state index is 0. The molecule has 2 heterocycles. The van der Waals surface area contributed by atoms with Gasteiger partial charge < -0.3 is 17.0 Å². The monoisotopic (exact) mass is 363 g/mol. The Kier molecular flexibility index (Phi) is 3.55. The Hall–Kier alpha value is 0.160. The summed E-state index contributed by atoms with van der Waals surface area (Å²) in [6, 6.07) is 8.55. The molecule has 1 aromatic heterocycles. The van der Waals surface area contributed by atoms with E-state index < -0.39 is 0 Å². The molecule has 78 valence electrons. The van der Waals surface area contributed by atoms with Crippen molar-refractivity contribution < 1.29 is 21.5 Å². The first-order valence-corrected chi connectivity index (χ1v) is 6.98. The van der Waals surface area contributed by atoms with Crippen molar-refractivity contribution in [3.05, 3.63) is 29.3 Å². The summed E-state index contributed by atoms with van der Waals surface area (Å²) in [6.07, 6.45) is 0. The van der Waals surface area contributed by atoms with Crippen LogP contribution in [0.2, 0.25) is 0 Å². The molecule has 0 radical (unpaired) electrons. The van der Waals surface area contributed by atoms with Crippen molar-refractivity contribution in [3.8, 4) is 0 Å². The van der Waals surface area contributed by atoms with Crippen LogP contribution in [-0.2, 0) is 0 Å². The van der Waals surface area contributed by atoms with Gasteiger partial charge in [-0.3, -0.25) is 0 Å². The molecule has 1 nitrogen and oxygen atoms in total. The number of aromatic nitrogens is 1. The van der Waals surface area contributed by atoms with E-state index >= 15 is 0 Å². The van der Waals surface area contributed by atoms with Crippen molar-refractivity contribution in [3.63, 3.8) is 0 Å². The van der Waals surface area contributed by atoms with Gasteiger partial charge in [0.15, 0.2) is 0 Å². The zero-order valence-electron chi connectivity index (χ0n) is 7.61. The van der Waals surface area contributed by atoms with E-state index in [1.807, 2.05) is 28.1 Å². The molecule has 2 aromatic rings. The second-order valence-electron chi connectivity index (χ2n) is 3.06. The Bertz CT molecular complexity index is 533. The third kappa shape index (κ3) is 1.79. The molecule has 3 rings (SSSR count). The van der Waals surface area contributed by atoms with Gasteiger partial charge in [0.05, 0.1) is 5.75 Å². The van der Waals surface area contributed by atoms with Crippen LogP contribution in [0.4, 0.5) is 0 Å². The second-order valence-corrected chi connectivity index (χ2v) is 5.77. The Morgan fingerprint density at radius 2 is 2.13 bits per heavy atom. The molecule has 0 bridgehead atoms. The Labute approximate surface area is 115 Å². The van der Waals surface area contributed by atoms with Gasteiger partial charge in [-0.15, -0.1) is 4.57 Å². The molecule has 1 aliphatic heterocycles. The number of rotatable bonds is 0. The number of hydrogen-bond donors (Lipinski definition) is 0. The Morgan fingerprint density at radius 1 is 1.33 bits per heavy atom. The molecule has 15 heavy (non-hydrogen) atoms. The molecule has 0 amide bonds. The number of para-hydroxylation sites is 1. The van der Waals surface area contributed by atoms with Crippen LogP contribution in [0.3, 0.4) is 0 Å². The summed E-state index contributed by atoms with van der Waals surface area (Å²) in [5, 5.41) is 0. The molecular formula is C10H7Br2NS2. The second kappa shape index (κ2) is 4.57. The van der Waals surface area contributed by atoms with Gasteiger partial charge in [-0.1, -0.05) is 39.4 Å². The zero-order valence-corrected chi connectivity index (χ0v) is 12.4. The van der Waals surface area contributed by atoms with Crippen molar-refractivity contribution in [1.29, 1.82) is 0 Å². The van der Waals surface area contributed by atoms with Crippen molar-refractivity contribution in [1.82, 2.24) is 0 Å². The van der Waals surface area contributed by atoms with E-state index in [0.717, 1.165) is 5.75 Å². The van der Waals surface area contributed by atoms with Crippen LogP contribution >= 0.6 is 39.0 Å². The van der Waals surface area contributed by atoms with Crippen LogP contribution in [-0.4, -0.2) is 5.75 Å². The molecule has 0 aliphatic carbocycles. The molecule has 0 fully saturated rings. The van der Waals surface area contributed by atoms with Gasteiger partial charge in [-0.05, 0) is 17.8 Å². The molecule has 0 saturated carbocycles. The number of thiazole rings is 1. The first-order valence-electron chi connectivity index (χ1n) is 4.26. The molecule has 0 unspecified atom stereocenters. The van der Waals surface area contributed by atoms with E-state index in [9.17, 15) is 0 Å². The van der Waals surface area contributed by atoms with Crippen molar-refractivity contribution in [2.24, 2.45) is 0 Å². The number of fused-ring (bicyclic) bond motifs is 3. The molecule has 0 N–H and O–H groups in total. The van der Waals surface area contributed by atoms with Crippen molar-refractivity contribution in [2.75, 3.05) is 5.75 Å². The van der Waals surface area contributed by atoms with Crippen LogP contribution in [0.25, 0.3) is 15.9 Å². The third-order valence-electron chi connectivity index (χ3n) is 2.24. The van der Waals surface area contributed by atoms with Crippen LogP contribution in [0.5, 0.6) is 0 Å². The van der Waals surface area contributed by atoms with Gasteiger partial charge in [0.2, 0.25) is 11.2 Å². The summed E-state index contributed by atoms with van der Waals surface area (Å²) in [5.74, 6) is 1.07. The lowest BCUT2D eigenvalue weighted by Gasteiger charge is -1.88. The minimum atomic E-state index is 0. The van der Waals surface area contributed by atoms with Gasteiger partial charge in [0.1, 0.15) is 4.70 Å². The fourth-order valence-electron chi connectivity index (χ4n) is 1.61. The van der Waals surface area contributed by atoms with Gasteiger partial charge in [0, 0.05) is 11.1 Å². The summed E-state index contributed by atoms with van der Waals surface area (Å²) in [5.41, 5.74) is 2.66. The molecule has 5 heteroatoms. The van der Waals surface area contributed by atoms with Crippen molar-refractivity contribution in [2.45, 2.75) is 4.34 Å². The fraction of sp³-hybridized carbons (Fsp3) is 0.100. The van der Waals surface area contributed by atoms with Crippen LogP contribution in [0, 0.1) is 0 Å². The standard InChI is InChI=1S/C10H7BrNS2.BrH/c11-5-7-6-13-10-12(7)8-3-1-2-4-9(8)14-10;/h1-5H,6H2;1H/q+1;/p-1. The molecule has 1 aromatic carbocycles. The van der Waals surface area contributed by atoms with Crippen molar-refractivity contribution >= 4 is 54.9 Å². The van der Waals surface area contributed by atoms with E-state index in [2.05, 4.69) is 44.8 Å². The quantitative estimate of drug-likeness (QED) is 0.615. The molecule has 1 aliphatic rings. The highest BCUT2D eigenvalue weighted by Gasteiger charge is 2.31. The molecule has 0 atom stereocenters. The summed E-state index contributed by atoms with van der Waals surface area (Å²) in [6.45, 7) is 0. The minimum Gasteiger partial charge on any atom is -1.00 e. The lowest BCUT2D eigenvalue weighted by molar-refractivity contribution is -0.582.